The van der Waals surface area contributed by atoms with Crippen molar-refractivity contribution in [2.75, 3.05) is 13.1 Å². The van der Waals surface area contributed by atoms with Gasteiger partial charge in [0.25, 0.3) is 11.8 Å². The topological polar surface area (TPSA) is 78.5 Å². The van der Waals surface area contributed by atoms with Crippen molar-refractivity contribution in [2.45, 2.75) is 58.0 Å². The second-order valence-electron chi connectivity index (χ2n) is 7.34. The number of amides is 3. The molecule has 0 aliphatic carbocycles. The second-order valence-corrected chi connectivity index (χ2v) is 7.34. The monoisotopic (exact) mass is 357 g/mol. The molecular formula is C20H27N3O3. The first-order chi connectivity index (χ1) is 12.5. The maximum atomic E-state index is 13.3. The van der Waals surface area contributed by atoms with E-state index in [2.05, 4.69) is 23.6 Å². The third-order valence-electron chi connectivity index (χ3n) is 5.48. The number of hydrogen-bond donors (Lipinski definition) is 2. The summed E-state index contributed by atoms with van der Waals surface area (Å²) < 4.78 is 0. The van der Waals surface area contributed by atoms with E-state index >= 15 is 0 Å². The van der Waals surface area contributed by atoms with Crippen LogP contribution in [0.25, 0.3) is 0 Å². The number of fused-ring (bicyclic) bond motifs is 1. The number of imide groups is 1. The third kappa shape index (κ3) is 3.51. The van der Waals surface area contributed by atoms with Crippen LogP contribution >= 0.6 is 0 Å². The van der Waals surface area contributed by atoms with Gasteiger partial charge in [-0.2, -0.15) is 0 Å². The Morgan fingerprint density at radius 1 is 1.19 bits per heavy atom. The molecule has 0 saturated carbocycles. The highest BCUT2D eigenvalue weighted by Gasteiger charge is 2.46. The number of nitrogens with one attached hydrogen (secondary N) is 2. The smallest absolute Gasteiger partial charge is 0.255 e. The highest BCUT2D eigenvalue weighted by molar-refractivity contribution is 6.06. The lowest BCUT2D eigenvalue weighted by atomic mass is 9.86. The molecule has 1 aromatic carbocycles. The number of piperidine rings is 1. The van der Waals surface area contributed by atoms with Gasteiger partial charge in [0.15, 0.2) is 0 Å². The predicted molar refractivity (Wildman–Crippen MR) is 98.6 cm³/mol. The van der Waals surface area contributed by atoms with Gasteiger partial charge < -0.3 is 10.2 Å². The maximum absolute atomic E-state index is 13.3. The Hall–Kier alpha value is -2.21. The number of hydrogen-bond acceptors (Lipinski definition) is 4. The van der Waals surface area contributed by atoms with E-state index in [1.807, 2.05) is 12.1 Å². The molecule has 6 heteroatoms. The summed E-state index contributed by atoms with van der Waals surface area (Å²) in [6.45, 7) is 6.05. The fourth-order valence-corrected chi connectivity index (χ4v) is 3.80. The normalized spacial score (nSPS) is 23.9. The zero-order valence-electron chi connectivity index (χ0n) is 15.6. The minimum atomic E-state index is -0.970. The summed E-state index contributed by atoms with van der Waals surface area (Å²) in [6.07, 6.45) is 3.32. The van der Waals surface area contributed by atoms with Crippen LogP contribution in [0.15, 0.2) is 18.2 Å². The Morgan fingerprint density at radius 2 is 2.00 bits per heavy atom. The minimum Gasteiger partial charge on any atom is -0.324 e. The van der Waals surface area contributed by atoms with Crippen molar-refractivity contribution < 1.29 is 14.4 Å². The average molecular weight is 357 g/mol. The Bertz CT molecular complexity index is 731. The van der Waals surface area contributed by atoms with E-state index in [4.69, 9.17) is 0 Å². The highest BCUT2D eigenvalue weighted by atomic mass is 16.2. The summed E-state index contributed by atoms with van der Waals surface area (Å²) in [5.74, 6) is -0.741. The van der Waals surface area contributed by atoms with Crippen molar-refractivity contribution in [2.24, 2.45) is 0 Å². The SMILES string of the molecule is CCNCc1ccc2c(c1)CCCCN(C1(C)CCC(=O)NC1=O)C2=O. The Morgan fingerprint density at radius 3 is 2.73 bits per heavy atom. The zero-order chi connectivity index (χ0) is 18.7. The molecule has 2 aliphatic heterocycles. The lowest BCUT2D eigenvalue weighted by Gasteiger charge is -2.43. The number of rotatable bonds is 4. The summed E-state index contributed by atoms with van der Waals surface area (Å²) >= 11 is 0. The van der Waals surface area contributed by atoms with E-state index in [0.717, 1.165) is 43.5 Å². The van der Waals surface area contributed by atoms with Gasteiger partial charge in [0.05, 0.1) is 0 Å². The van der Waals surface area contributed by atoms with Crippen molar-refractivity contribution in [3.05, 3.63) is 34.9 Å². The van der Waals surface area contributed by atoms with Gasteiger partial charge in [-0.3, -0.25) is 19.7 Å². The standard InChI is InChI=1S/C20H27N3O3/c1-3-21-13-14-7-8-16-15(12-14)6-4-5-11-23(18(16)25)20(2)10-9-17(24)22-19(20)26/h7-8,12,21H,3-6,9-11,13H2,1-2H3,(H,22,24,26). The number of aryl methyl sites for hydroxylation is 1. The molecule has 2 aliphatic rings. The Labute approximate surface area is 154 Å². The van der Waals surface area contributed by atoms with Crippen molar-refractivity contribution in [3.63, 3.8) is 0 Å². The Kier molecular flexibility index (Phi) is 5.41. The van der Waals surface area contributed by atoms with E-state index in [1.165, 1.54) is 0 Å². The van der Waals surface area contributed by atoms with Gasteiger partial charge in [-0.15, -0.1) is 0 Å². The van der Waals surface area contributed by atoms with Crippen molar-refractivity contribution in [1.82, 2.24) is 15.5 Å². The summed E-state index contributed by atoms with van der Waals surface area (Å²) in [6, 6.07) is 5.97. The van der Waals surface area contributed by atoms with E-state index in [-0.39, 0.29) is 24.1 Å². The largest absolute Gasteiger partial charge is 0.324 e. The molecular weight excluding hydrogens is 330 g/mol. The van der Waals surface area contributed by atoms with Crippen LogP contribution < -0.4 is 10.6 Å². The van der Waals surface area contributed by atoms with Crippen LogP contribution in [-0.2, 0) is 22.6 Å². The summed E-state index contributed by atoms with van der Waals surface area (Å²) in [7, 11) is 0. The first kappa shape index (κ1) is 18.6. The fourth-order valence-electron chi connectivity index (χ4n) is 3.80. The molecule has 3 amide bonds. The lowest BCUT2D eigenvalue weighted by Crippen LogP contribution is -2.63. The maximum Gasteiger partial charge on any atom is 0.255 e. The van der Waals surface area contributed by atoms with Gasteiger partial charge in [0, 0.05) is 25.1 Å². The molecule has 140 valence electrons. The van der Waals surface area contributed by atoms with Gasteiger partial charge in [-0.25, -0.2) is 0 Å². The predicted octanol–water partition coefficient (Wildman–Crippen LogP) is 1.77. The first-order valence-corrected chi connectivity index (χ1v) is 9.44. The number of carbonyl (C=O) groups excluding carboxylic acids is 3. The Balaban J connectivity index is 1.92. The van der Waals surface area contributed by atoms with Gasteiger partial charge >= 0.3 is 0 Å². The van der Waals surface area contributed by atoms with E-state index < -0.39 is 5.54 Å². The quantitative estimate of drug-likeness (QED) is 0.805. The van der Waals surface area contributed by atoms with E-state index in [1.54, 1.807) is 11.8 Å². The van der Waals surface area contributed by atoms with Crippen molar-refractivity contribution in [3.8, 4) is 0 Å². The van der Waals surface area contributed by atoms with Crippen LogP contribution in [0.1, 0.15) is 61.0 Å². The number of nitrogens with zero attached hydrogens (tertiary/aromatic N) is 1. The van der Waals surface area contributed by atoms with Crippen LogP contribution in [0, 0.1) is 0 Å². The molecule has 1 fully saturated rings. The highest BCUT2D eigenvalue weighted by Crippen LogP contribution is 2.30. The van der Waals surface area contributed by atoms with Crippen molar-refractivity contribution >= 4 is 17.7 Å². The van der Waals surface area contributed by atoms with Gasteiger partial charge in [-0.1, -0.05) is 19.1 Å². The second kappa shape index (κ2) is 7.58. The molecule has 6 nitrogen and oxygen atoms in total. The average Bonchev–Trinajstić information content (AvgIpc) is 2.61. The van der Waals surface area contributed by atoms with Crippen LogP contribution in [0.4, 0.5) is 0 Å². The van der Waals surface area contributed by atoms with Gasteiger partial charge in [0.2, 0.25) is 5.91 Å². The minimum absolute atomic E-state index is 0.110. The molecule has 26 heavy (non-hydrogen) atoms. The van der Waals surface area contributed by atoms with Crippen molar-refractivity contribution in [1.29, 1.82) is 0 Å². The van der Waals surface area contributed by atoms with Gasteiger partial charge in [0.1, 0.15) is 5.54 Å². The van der Waals surface area contributed by atoms with Crippen LogP contribution in [0.5, 0.6) is 0 Å². The molecule has 3 rings (SSSR count). The molecule has 0 aromatic heterocycles. The van der Waals surface area contributed by atoms with Crippen LogP contribution in [-0.4, -0.2) is 41.2 Å². The number of carbonyl (C=O) groups is 3. The molecule has 1 unspecified atom stereocenters. The summed E-state index contributed by atoms with van der Waals surface area (Å²) in [4.78, 5) is 39.0. The summed E-state index contributed by atoms with van der Waals surface area (Å²) in [5, 5.41) is 5.71. The molecule has 2 N–H and O–H groups in total. The van der Waals surface area contributed by atoms with Crippen LogP contribution in [0.2, 0.25) is 0 Å². The summed E-state index contributed by atoms with van der Waals surface area (Å²) in [5.41, 5.74) is 1.92. The third-order valence-corrected chi connectivity index (χ3v) is 5.48. The molecule has 1 saturated heterocycles. The number of benzene rings is 1. The first-order valence-electron chi connectivity index (χ1n) is 9.44. The van der Waals surface area contributed by atoms with Crippen LogP contribution in [0.3, 0.4) is 0 Å². The molecule has 0 radical (unpaired) electrons. The zero-order valence-corrected chi connectivity index (χ0v) is 15.6. The van der Waals surface area contributed by atoms with E-state index in [9.17, 15) is 14.4 Å². The molecule has 1 atom stereocenters. The van der Waals surface area contributed by atoms with Gasteiger partial charge in [-0.05, 0) is 56.3 Å². The van der Waals surface area contributed by atoms with E-state index in [0.29, 0.717) is 18.5 Å². The fraction of sp³-hybridized carbons (Fsp3) is 0.550. The lowest BCUT2D eigenvalue weighted by molar-refractivity contribution is -0.142. The molecule has 0 spiro atoms. The molecule has 0 bridgehead atoms. The molecule has 2 heterocycles. The molecule has 1 aromatic rings.